The standard InChI is InChI=1S/C47H45Cl2N3O6/c1-3-5-7-9-25-55-43-23-20-38(27-41(43)48)51-31-33-11-15-35(16-12-33)46(53)57-40-22-19-37(30-50)45(29-40)58-47(54)36-17-13-34(14-18-36)32-52-39-21-24-44(42(49)28-39)56-26-10-8-6-4-2/h11-24,27-29,31-32H,3-10,25-26H2,1-2H3. The van der Waals surface area contributed by atoms with Crippen LogP contribution in [0.3, 0.4) is 0 Å². The lowest BCUT2D eigenvalue weighted by molar-refractivity contribution is 0.0732. The van der Waals surface area contributed by atoms with Gasteiger partial charge >= 0.3 is 11.9 Å². The second-order valence-electron chi connectivity index (χ2n) is 13.4. The van der Waals surface area contributed by atoms with Gasteiger partial charge in [0.05, 0.1) is 51.3 Å². The number of unbranched alkanes of at least 4 members (excludes halogenated alkanes) is 6. The first-order chi connectivity index (χ1) is 28.3. The quantitative estimate of drug-likeness (QED) is 0.0332. The van der Waals surface area contributed by atoms with Crippen molar-refractivity contribution in [2.75, 3.05) is 13.2 Å². The Kier molecular flexibility index (Phi) is 16.9. The number of benzene rings is 5. The van der Waals surface area contributed by atoms with E-state index in [2.05, 4.69) is 23.8 Å². The number of nitriles is 1. The van der Waals surface area contributed by atoms with Crippen molar-refractivity contribution in [3.63, 3.8) is 0 Å². The van der Waals surface area contributed by atoms with Crippen LogP contribution in [0.5, 0.6) is 23.0 Å². The van der Waals surface area contributed by atoms with E-state index in [0.29, 0.717) is 46.1 Å². The van der Waals surface area contributed by atoms with E-state index in [-0.39, 0.29) is 28.2 Å². The molecule has 58 heavy (non-hydrogen) atoms. The van der Waals surface area contributed by atoms with E-state index in [4.69, 9.17) is 42.1 Å². The van der Waals surface area contributed by atoms with E-state index in [1.807, 2.05) is 24.3 Å². The lowest BCUT2D eigenvalue weighted by Gasteiger charge is -2.10. The smallest absolute Gasteiger partial charge is 0.343 e. The van der Waals surface area contributed by atoms with Crippen LogP contribution >= 0.6 is 23.2 Å². The van der Waals surface area contributed by atoms with Gasteiger partial charge in [0.2, 0.25) is 0 Å². The van der Waals surface area contributed by atoms with Crippen LogP contribution in [-0.2, 0) is 0 Å². The predicted octanol–water partition coefficient (Wildman–Crippen LogP) is 12.7. The molecule has 0 spiro atoms. The number of hydrogen-bond acceptors (Lipinski definition) is 9. The van der Waals surface area contributed by atoms with Crippen molar-refractivity contribution in [1.29, 1.82) is 5.26 Å². The molecule has 0 saturated heterocycles. The number of esters is 2. The second-order valence-corrected chi connectivity index (χ2v) is 14.2. The highest BCUT2D eigenvalue weighted by molar-refractivity contribution is 6.32. The minimum atomic E-state index is -0.692. The first-order valence-electron chi connectivity index (χ1n) is 19.4. The van der Waals surface area contributed by atoms with Gasteiger partial charge in [-0.05, 0) is 96.8 Å². The summed E-state index contributed by atoms with van der Waals surface area (Å²) in [6.45, 7) is 5.57. The average Bonchev–Trinajstić information content (AvgIpc) is 3.23. The maximum atomic E-state index is 13.1. The summed E-state index contributed by atoms with van der Waals surface area (Å²) in [6.07, 6.45) is 12.2. The van der Waals surface area contributed by atoms with Crippen LogP contribution < -0.4 is 18.9 Å². The van der Waals surface area contributed by atoms with E-state index in [9.17, 15) is 14.9 Å². The van der Waals surface area contributed by atoms with Crippen molar-refractivity contribution in [2.45, 2.75) is 65.2 Å². The fourth-order valence-electron chi connectivity index (χ4n) is 5.57. The number of ether oxygens (including phenoxy) is 4. The molecule has 0 bridgehead atoms. The molecule has 0 amide bonds. The molecule has 0 unspecified atom stereocenters. The number of carbonyl (C=O) groups excluding carboxylic acids is 2. The zero-order valence-electron chi connectivity index (χ0n) is 32.6. The van der Waals surface area contributed by atoms with Gasteiger partial charge in [0.15, 0.2) is 5.75 Å². The lowest BCUT2D eigenvalue weighted by atomic mass is 10.1. The Labute approximate surface area is 349 Å². The molecule has 0 aliphatic carbocycles. The van der Waals surface area contributed by atoms with Crippen LogP contribution in [0, 0.1) is 11.3 Å². The molecule has 0 N–H and O–H groups in total. The SMILES string of the molecule is CCCCCCOc1ccc(N=Cc2ccc(C(=O)Oc3ccc(C#N)c(OC(=O)c4ccc(C=Nc5ccc(OCCCCCC)c(Cl)c5)cc4)c3)cc2)cc1Cl. The highest BCUT2D eigenvalue weighted by Gasteiger charge is 2.16. The van der Waals surface area contributed by atoms with Gasteiger partial charge in [0.25, 0.3) is 0 Å². The first-order valence-corrected chi connectivity index (χ1v) is 20.1. The minimum absolute atomic E-state index is 0.0491. The minimum Gasteiger partial charge on any atom is -0.492 e. The first kappa shape index (κ1) is 43.2. The molecule has 0 radical (unpaired) electrons. The number of rotatable bonds is 20. The maximum Gasteiger partial charge on any atom is 0.343 e. The molecule has 0 aromatic heterocycles. The molecule has 11 heteroatoms. The van der Waals surface area contributed by atoms with Gasteiger partial charge in [0, 0.05) is 18.5 Å². The Morgan fingerprint density at radius 2 is 1.07 bits per heavy atom. The van der Waals surface area contributed by atoms with Crippen LogP contribution in [0.4, 0.5) is 11.4 Å². The van der Waals surface area contributed by atoms with Gasteiger partial charge in [-0.1, -0.05) is 99.8 Å². The van der Waals surface area contributed by atoms with E-state index >= 15 is 0 Å². The van der Waals surface area contributed by atoms with Crippen molar-refractivity contribution < 1.29 is 28.5 Å². The third-order valence-electron chi connectivity index (χ3n) is 8.85. The summed E-state index contributed by atoms with van der Waals surface area (Å²) in [7, 11) is 0. The van der Waals surface area contributed by atoms with Crippen molar-refractivity contribution in [3.05, 3.63) is 141 Å². The molecule has 0 atom stereocenters. The molecule has 0 saturated carbocycles. The molecule has 5 aromatic rings. The third kappa shape index (κ3) is 13.3. The highest BCUT2D eigenvalue weighted by atomic mass is 35.5. The predicted molar refractivity (Wildman–Crippen MR) is 231 cm³/mol. The summed E-state index contributed by atoms with van der Waals surface area (Å²) >= 11 is 12.8. The third-order valence-corrected chi connectivity index (χ3v) is 9.44. The van der Waals surface area contributed by atoms with E-state index < -0.39 is 11.9 Å². The Morgan fingerprint density at radius 3 is 1.52 bits per heavy atom. The van der Waals surface area contributed by atoms with Gasteiger partial charge in [0.1, 0.15) is 23.3 Å². The Hall–Kier alpha value is -5.95. The molecular weight excluding hydrogens is 773 g/mol. The summed E-state index contributed by atoms with van der Waals surface area (Å²) < 4.78 is 22.7. The van der Waals surface area contributed by atoms with E-state index in [1.165, 1.54) is 43.9 Å². The normalized spacial score (nSPS) is 11.1. The number of hydrogen-bond donors (Lipinski definition) is 0. The maximum absolute atomic E-state index is 13.1. The number of nitrogens with zero attached hydrogens (tertiary/aromatic N) is 3. The molecule has 0 aliphatic rings. The summed E-state index contributed by atoms with van der Waals surface area (Å²) in [4.78, 5) is 35.1. The van der Waals surface area contributed by atoms with Crippen LogP contribution in [-0.4, -0.2) is 37.6 Å². The van der Waals surface area contributed by atoms with E-state index in [1.54, 1.807) is 79.2 Å². The van der Waals surface area contributed by atoms with E-state index in [0.717, 1.165) is 36.8 Å². The monoisotopic (exact) mass is 817 g/mol. The average molecular weight is 819 g/mol. The zero-order chi connectivity index (χ0) is 41.1. The van der Waals surface area contributed by atoms with Gasteiger partial charge in [-0.15, -0.1) is 0 Å². The molecule has 9 nitrogen and oxygen atoms in total. The van der Waals surface area contributed by atoms with Crippen LogP contribution in [0.2, 0.25) is 10.0 Å². The number of aliphatic imine (C=N–C) groups is 2. The molecule has 0 aliphatic heterocycles. The Balaban J connectivity index is 1.14. The van der Waals surface area contributed by atoms with Crippen LogP contribution in [0.1, 0.15) is 103 Å². The number of carbonyl (C=O) groups is 2. The van der Waals surface area contributed by atoms with Gasteiger partial charge in [-0.25, -0.2) is 9.59 Å². The van der Waals surface area contributed by atoms with Gasteiger partial charge < -0.3 is 18.9 Å². The highest BCUT2D eigenvalue weighted by Crippen LogP contribution is 2.31. The van der Waals surface area contributed by atoms with Crippen molar-refractivity contribution in [3.8, 4) is 29.1 Å². The van der Waals surface area contributed by atoms with Crippen LogP contribution in [0.15, 0.2) is 113 Å². The van der Waals surface area contributed by atoms with Crippen LogP contribution in [0.25, 0.3) is 0 Å². The fraction of sp³-hybridized carbons (Fsp3) is 0.255. The van der Waals surface area contributed by atoms with Gasteiger partial charge in [-0.3, -0.25) is 9.98 Å². The summed E-state index contributed by atoms with van der Waals surface area (Å²) in [5.41, 5.74) is 3.44. The van der Waals surface area contributed by atoms with Crippen molar-refractivity contribution in [2.24, 2.45) is 9.98 Å². The van der Waals surface area contributed by atoms with Crippen molar-refractivity contribution >= 4 is 58.9 Å². The molecule has 0 heterocycles. The zero-order valence-corrected chi connectivity index (χ0v) is 34.1. The fourth-order valence-corrected chi connectivity index (χ4v) is 6.03. The lowest BCUT2D eigenvalue weighted by Crippen LogP contribution is -2.11. The Morgan fingerprint density at radius 1 is 0.586 bits per heavy atom. The molecule has 0 fully saturated rings. The summed E-state index contributed by atoms with van der Waals surface area (Å²) in [5, 5.41) is 10.6. The molecule has 298 valence electrons. The second kappa shape index (κ2) is 22.7. The summed E-state index contributed by atoms with van der Waals surface area (Å²) in [6, 6.07) is 30.3. The summed E-state index contributed by atoms with van der Waals surface area (Å²) in [5.74, 6) is -0.0254. The molecule has 5 aromatic carbocycles. The topological polar surface area (TPSA) is 120 Å². The molecule has 5 rings (SSSR count). The van der Waals surface area contributed by atoms with Crippen molar-refractivity contribution in [1.82, 2.24) is 0 Å². The Bertz CT molecular complexity index is 2250. The molecular formula is C47H45Cl2N3O6. The largest absolute Gasteiger partial charge is 0.492 e. The van der Waals surface area contributed by atoms with Gasteiger partial charge in [-0.2, -0.15) is 5.26 Å². The number of halogens is 2.